The van der Waals surface area contributed by atoms with Crippen LogP contribution in [-0.4, -0.2) is 34.8 Å². The fourth-order valence-electron chi connectivity index (χ4n) is 2.83. The highest BCUT2D eigenvalue weighted by molar-refractivity contribution is 6.00. The molecule has 1 aliphatic heterocycles. The third-order valence-electron chi connectivity index (χ3n) is 4.10. The van der Waals surface area contributed by atoms with E-state index in [0.717, 1.165) is 10.9 Å². The summed E-state index contributed by atoms with van der Waals surface area (Å²) in [5.41, 5.74) is 13.1. The number of aromatic nitrogens is 1. The van der Waals surface area contributed by atoms with Gasteiger partial charge < -0.3 is 21.4 Å². The van der Waals surface area contributed by atoms with Crippen molar-refractivity contribution in [3.63, 3.8) is 0 Å². The molecule has 5 N–H and O–H groups in total. The van der Waals surface area contributed by atoms with Crippen LogP contribution in [0.3, 0.4) is 0 Å². The largest absolute Gasteiger partial charge is 0.397 e. The Morgan fingerprint density at radius 1 is 1.24 bits per heavy atom. The van der Waals surface area contributed by atoms with Crippen LogP contribution >= 0.6 is 0 Å². The maximum Gasteiger partial charge on any atom is 0.270 e. The summed E-state index contributed by atoms with van der Waals surface area (Å²) < 4.78 is 0. The number of nitrogens with one attached hydrogen (secondary N) is 1. The molecule has 21 heavy (non-hydrogen) atoms. The van der Waals surface area contributed by atoms with E-state index in [1.165, 1.54) is 0 Å². The van der Waals surface area contributed by atoms with Gasteiger partial charge in [-0.3, -0.25) is 9.59 Å². The molecule has 3 rings (SSSR count). The summed E-state index contributed by atoms with van der Waals surface area (Å²) in [6.45, 7) is 1.11. The van der Waals surface area contributed by atoms with E-state index in [2.05, 4.69) is 4.98 Å². The summed E-state index contributed by atoms with van der Waals surface area (Å²) in [4.78, 5) is 28.5. The minimum atomic E-state index is -0.277. The first-order chi connectivity index (χ1) is 10.1. The van der Waals surface area contributed by atoms with Crippen molar-refractivity contribution in [1.82, 2.24) is 9.88 Å². The van der Waals surface area contributed by atoms with Crippen LogP contribution in [0.15, 0.2) is 24.3 Å². The number of benzene rings is 1. The highest BCUT2D eigenvalue weighted by Crippen LogP contribution is 2.23. The number of aromatic amines is 1. The van der Waals surface area contributed by atoms with Crippen molar-refractivity contribution in [2.45, 2.75) is 12.8 Å². The summed E-state index contributed by atoms with van der Waals surface area (Å²) in [6.07, 6.45) is 1.26. The molecule has 0 atom stereocenters. The fraction of sp³-hybridized carbons (Fsp3) is 0.333. The van der Waals surface area contributed by atoms with E-state index in [9.17, 15) is 9.59 Å². The average Bonchev–Trinajstić information content (AvgIpc) is 2.92. The molecule has 1 aliphatic rings. The Balaban J connectivity index is 1.78. The third-order valence-corrected chi connectivity index (χ3v) is 4.10. The lowest BCUT2D eigenvalue weighted by Gasteiger charge is -2.30. The van der Waals surface area contributed by atoms with Crippen molar-refractivity contribution in [1.29, 1.82) is 0 Å². The topological polar surface area (TPSA) is 105 Å². The van der Waals surface area contributed by atoms with Gasteiger partial charge >= 0.3 is 0 Å². The highest BCUT2D eigenvalue weighted by Gasteiger charge is 2.27. The minimum absolute atomic E-state index is 0.0616. The summed E-state index contributed by atoms with van der Waals surface area (Å²) in [5, 5.41) is 0.922. The normalized spacial score (nSPS) is 16.3. The first-order valence-corrected chi connectivity index (χ1v) is 7.02. The van der Waals surface area contributed by atoms with Gasteiger partial charge in [-0.2, -0.15) is 0 Å². The molecular formula is C15H18N4O2. The maximum absolute atomic E-state index is 12.5. The molecule has 1 aromatic heterocycles. The number of nitrogens with zero attached hydrogens (tertiary/aromatic N) is 1. The van der Waals surface area contributed by atoms with Crippen LogP contribution in [-0.2, 0) is 4.79 Å². The molecule has 2 aromatic rings. The Bertz CT molecular complexity index is 699. The van der Waals surface area contributed by atoms with E-state index >= 15 is 0 Å². The molecule has 0 aliphatic carbocycles. The Kier molecular flexibility index (Phi) is 3.29. The van der Waals surface area contributed by atoms with E-state index < -0.39 is 0 Å². The third kappa shape index (κ3) is 2.44. The van der Waals surface area contributed by atoms with Crippen molar-refractivity contribution < 1.29 is 9.59 Å². The van der Waals surface area contributed by atoms with Crippen molar-refractivity contribution >= 4 is 28.4 Å². The van der Waals surface area contributed by atoms with Crippen molar-refractivity contribution in [2.75, 3.05) is 18.8 Å². The van der Waals surface area contributed by atoms with Crippen LogP contribution in [0.2, 0.25) is 0 Å². The summed E-state index contributed by atoms with van der Waals surface area (Å²) in [5.74, 6) is -0.457. The number of rotatable bonds is 2. The summed E-state index contributed by atoms with van der Waals surface area (Å²) in [6, 6.07) is 7.38. The molecule has 6 nitrogen and oxygen atoms in total. The number of amides is 2. The number of hydrogen-bond acceptors (Lipinski definition) is 3. The van der Waals surface area contributed by atoms with Gasteiger partial charge in [0.2, 0.25) is 5.91 Å². The van der Waals surface area contributed by atoms with Crippen LogP contribution in [0, 0.1) is 5.92 Å². The van der Waals surface area contributed by atoms with E-state index in [0.29, 0.717) is 37.3 Å². The summed E-state index contributed by atoms with van der Waals surface area (Å²) >= 11 is 0. The van der Waals surface area contributed by atoms with Gasteiger partial charge in [-0.25, -0.2) is 0 Å². The lowest BCUT2D eigenvalue weighted by Crippen LogP contribution is -2.41. The van der Waals surface area contributed by atoms with Crippen molar-refractivity contribution in [3.05, 3.63) is 30.0 Å². The number of H-pyrrole nitrogens is 1. The number of anilines is 1. The molecule has 1 fully saturated rings. The SMILES string of the molecule is NC(=O)C1CCN(C(=O)c2cc3cccc(N)c3[nH]2)CC1. The zero-order valence-corrected chi connectivity index (χ0v) is 11.6. The van der Waals surface area contributed by atoms with Gasteiger partial charge in [0.1, 0.15) is 5.69 Å². The van der Waals surface area contributed by atoms with Crippen LogP contribution in [0.25, 0.3) is 10.9 Å². The van der Waals surface area contributed by atoms with E-state index in [-0.39, 0.29) is 17.7 Å². The van der Waals surface area contributed by atoms with Gasteiger partial charge in [0.15, 0.2) is 0 Å². The molecule has 0 bridgehead atoms. The standard InChI is InChI=1S/C15H18N4O2/c16-11-3-1-2-10-8-12(18-13(10)11)15(21)19-6-4-9(5-7-19)14(17)20/h1-3,8-9,18H,4-7,16H2,(H2,17,20). The zero-order chi connectivity index (χ0) is 15.0. The fourth-order valence-corrected chi connectivity index (χ4v) is 2.83. The van der Waals surface area contributed by atoms with Crippen LogP contribution in [0.1, 0.15) is 23.3 Å². The maximum atomic E-state index is 12.5. The van der Waals surface area contributed by atoms with E-state index in [1.54, 1.807) is 11.0 Å². The molecule has 2 amide bonds. The number of hydrogen-bond donors (Lipinski definition) is 3. The molecule has 1 saturated heterocycles. The van der Waals surface area contributed by atoms with E-state index in [1.807, 2.05) is 18.2 Å². The van der Waals surface area contributed by atoms with Crippen LogP contribution < -0.4 is 11.5 Å². The molecule has 2 heterocycles. The number of likely N-dealkylation sites (tertiary alicyclic amines) is 1. The molecule has 1 aromatic carbocycles. The Labute approximate surface area is 122 Å². The van der Waals surface area contributed by atoms with Crippen LogP contribution in [0.4, 0.5) is 5.69 Å². The second-order valence-corrected chi connectivity index (χ2v) is 5.46. The average molecular weight is 286 g/mol. The number of fused-ring (bicyclic) bond motifs is 1. The number of nitrogens with two attached hydrogens (primary N) is 2. The zero-order valence-electron chi connectivity index (χ0n) is 11.6. The second kappa shape index (κ2) is 5.12. The van der Waals surface area contributed by atoms with Gasteiger partial charge in [0, 0.05) is 24.4 Å². The number of carbonyl (C=O) groups excluding carboxylic acids is 2. The predicted octanol–water partition coefficient (Wildman–Crippen LogP) is 1.09. The second-order valence-electron chi connectivity index (χ2n) is 5.46. The number of para-hydroxylation sites is 1. The van der Waals surface area contributed by atoms with Gasteiger partial charge in [0.05, 0.1) is 11.2 Å². The Hall–Kier alpha value is -2.50. The molecule has 110 valence electrons. The monoisotopic (exact) mass is 286 g/mol. The Morgan fingerprint density at radius 2 is 1.95 bits per heavy atom. The first-order valence-electron chi connectivity index (χ1n) is 7.02. The molecule has 0 radical (unpaired) electrons. The number of nitrogen functional groups attached to an aromatic ring is 1. The quantitative estimate of drug-likeness (QED) is 0.719. The van der Waals surface area contributed by atoms with Gasteiger partial charge in [-0.15, -0.1) is 0 Å². The highest BCUT2D eigenvalue weighted by atomic mass is 16.2. The summed E-state index contributed by atoms with van der Waals surface area (Å²) in [7, 11) is 0. The van der Waals surface area contributed by atoms with Crippen molar-refractivity contribution in [3.8, 4) is 0 Å². The molecule has 6 heteroatoms. The number of piperidine rings is 1. The minimum Gasteiger partial charge on any atom is -0.397 e. The lowest BCUT2D eigenvalue weighted by molar-refractivity contribution is -0.123. The lowest BCUT2D eigenvalue weighted by atomic mass is 9.96. The molecular weight excluding hydrogens is 268 g/mol. The molecule has 0 unspecified atom stereocenters. The van der Waals surface area contributed by atoms with Gasteiger partial charge in [-0.1, -0.05) is 12.1 Å². The molecule has 0 spiro atoms. The number of carbonyl (C=O) groups is 2. The van der Waals surface area contributed by atoms with Gasteiger partial charge in [0.25, 0.3) is 5.91 Å². The number of primary amides is 1. The van der Waals surface area contributed by atoms with Crippen LogP contribution in [0.5, 0.6) is 0 Å². The van der Waals surface area contributed by atoms with Crippen molar-refractivity contribution in [2.24, 2.45) is 11.7 Å². The van der Waals surface area contributed by atoms with Gasteiger partial charge in [-0.05, 0) is 25.0 Å². The smallest absolute Gasteiger partial charge is 0.270 e. The molecule has 0 saturated carbocycles. The predicted molar refractivity (Wildman–Crippen MR) is 80.5 cm³/mol. The van der Waals surface area contributed by atoms with E-state index in [4.69, 9.17) is 11.5 Å². The first kappa shape index (κ1) is 13.5. The Morgan fingerprint density at radius 3 is 2.57 bits per heavy atom.